The van der Waals surface area contributed by atoms with Crippen molar-refractivity contribution < 1.29 is 0 Å². The fraction of sp³-hybridized carbons (Fsp3) is 0.389. The van der Waals surface area contributed by atoms with Crippen LogP contribution in [0.3, 0.4) is 0 Å². The minimum atomic E-state index is 0.684. The van der Waals surface area contributed by atoms with Gasteiger partial charge in [-0.3, -0.25) is 4.98 Å². The lowest BCUT2D eigenvalue weighted by molar-refractivity contribution is 0.292. The topological polar surface area (TPSA) is 24.9 Å². The molecule has 2 nitrogen and oxygen atoms in total. The molecule has 0 spiro atoms. The van der Waals surface area contributed by atoms with Crippen molar-refractivity contribution in [2.75, 3.05) is 6.54 Å². The van der Waals surface area contributed by atoms with Gasteiger partial charge < -0.3 is 5.32 Å². The zero-order valence-corrected chi connectivity index (χ0v) is 12.0. The number of nitrogens with one attached hydrogen (secondary N) is 1. The van der Waals surface area contributed by atoms with Crippen LogP contribution < -0.4 is 5.32 Å². The van der Waals surface area contributed by atoms with Crippen molar-refractivity contribution in [1.29, 1.82) is 0 Å². The third kappa shape index (κ3) is 3.07. The van der Waals surface area contributed by atoms with Crippen molar-refractivity contribution in [2.45, 2.75) is 38.1 Å². The first-order chi connectivity index (χ1) is 9.83. The Kier molecular flexibility index (Phi) is 4.12. The minimum absolute atomic E-state index is 0.684. The second-order valence-corrected chi connectivity index (χ2v) is 5.78. The van der Waals surface area contributed by atoms with Crippen LogP contribution in [0.15, 0.2) is 48.8 Å². The number of hydrogen-bond donors (Lipinski definition) is 1. The van der Waals surface area contributed by atoms with Gasteiger partial charge in [0.1, 0.15) is 0 Å². The number of hydrogen-bond acceptors (Lipinski definition) is 2. The Morgan fingerprint density at radius 3 is 2.75 bits per heavy atom. The summed E-state index contributed by atoms with van der Waals surface area (Å²) in [4.78, 5) is 4.20. The second-order valence-electron chi connectivity index (χ2n) is 5.78. The molecule has 1 fully saturated rings. The molecule has 0 unspecified atom stereocenters. The summed E-state index contributed by atoms with van der Waals surface area (Å²) < 4.78 is 0. The average molecular weight is 266 g/mol. The highest BCUT2D eigenvalue weighted by molar-refractivity contribution is 5.25. The molecule has 0 amide bonds. The molecular weight excluding hydrogens is 244 g/mol. The molecular formula is C18H22N2. The molecule has 0 atom stereocenters. The van der Waals surface area contributed by atoms with Crippen LogP contribution in [-0.2, 0) is 6.42 Å². The number of aromatic nitrogens is 1. The number of benzene rings is 1. The van der Waals surface area contributed by atoms with Gasteiger partial charge in [0, 0.05) is 18.4 Å². The maximum atomic E-state index is 4.20. The lowest BCUT2D eigenvalue weighted by Crippen LogP contribution is -2.41. The van der Waals surface area contributed by atoms with Crippen LogP contribution in [0.5, 0.6) is 0 Å². The smallest absolute Gasteiger partial charge is 0.0302 e. The van der Waals surface area contributed by atoms with Gasteiger partial charge in [-0.1, -0.05) is 30.3 Å². The van der Waals surface area contributed by atoms with Crippen molar-refractivity contribution in [1.82, 2.24) is 10.3 Å². The molecule has 1 aromatic heterocycles. The summed E-state index contributed by atoms with van der Waals surface area (Å²) in [7, 11) is 0. The fourth-order valence-electron chi connectivity index (χ4n) is 2.98. The lowest BCUT2D eigenvalue weighted by Gasteiger charge is -2.36. The van der Waals surface area contributed by atoms with Crippen LogP contribution in [0.25, 0.3) is 0 Å². The van der Waals surface area contributed by atoms with Crippen molar-refractivity contribution in [2.24, 2.45) is 0 Å². The third-order valence-electron chi connectivity index (χ3n) is 4.38. The minimum Gasteiger partial charge on any atom is -0.314 e. The van der Waals surface area contributed by atoms with E-state index < -0.39 is 0 Å². The van der Waals surface area contributed by atoms with Crippen LogP contribution >= 0.6 is 0 Å². The molecule has 104 valence electrons. The summed E-state index contributed by atoms with van der Waals surface area (Å²) in [5.41, 5.74) is 4.25. The van der Waals surface area contributed by atoms with Crippen LogP contribution in [0.2, 0.25) is 0 Å². The number of rotatable bonds is 5. The van der Waals surface area contributed by atoms with E-state index in [2.05, 4.69) is 47.6 Å². The standard InChI is InChI=1S/C18H22N2/c1-14-5-2-3-6-15(14)8-10-20-18-11-17(12-18)16-7-4-9-19-13-16/h2-7,9,13,17-18,20H,8,10-12H2,1H3. The van der Waals surface area contributed by atoms with Gasteiger partial charge in [0.2, 0.25) is 0 Å². The Bertz CT molecular complexity index is 544. The Morgan fingerprint density at radius 1 is 1.15 bits per heavy atom. The van der Waals surface area contributed by atoms with Gasteiger partial charge in [0.25, 0.3) is 0 Å². The van der Waals surface area contributed by atoms with Crippen LogP contribution in [0.1, 0.15) is 35.4 Å². The lowest BCUT2D eigenvalue weighted by atomic mass is 9.76. The molecule has 1 aliphatic carbocycles. The van der Waals surface area contributed by atoms with Gasteiger partial charge in [-0.25, -0.2) is 0 Å². The number of aryl methyl sites for hydroxylation is 1. The maximum absolute atomic E-state index is 4.20. The van der Waals surface area contributed by atoms with Crippen molar-refractivity contribution >= 4 is 0 Å². The van der Waals surface area contributed by atoms with Gasteiger partial charge in [0.15, 0.2) is 0 Å². The molecule has 0 bridgehead atoms. The Labute approximate surface area is 121 Å². The number of pyridine rings is 1. The first-order valence-electron chi connectivity index (χ1n) is 7.51. The van der Waals surface area contributed by atoms with E-state index in [-0.39, 0.29) is 0 Å². The van der Waals surface area contributed by atoms with Gasteiger partial charge in [-0.05, 0) is 61.4 Å². The molecule has 1 N–H and O–H groups in total. The first kappa shape index (κ1) is 13.3. The van der Waals surface area contributed by atoms with E-state index >= 15 is 0 Å². The summed E-state index contributed by atoms with van der Waals surface area (Å²) in [6, 6.07) is 13.6. The van der Waals surface area contributed by atoms with Crippen molar-refractivity contribution in [3.8, 4) is 0 Å². The molecule has 1 saturated carbocycles. The molecule has 0 aliphatic heterocycles. The zero-order chi connectivity index (χ0) is 13.8. The molecule has 0 saturated heterocycles. The van der Waals surface area contributed by atoms with E-state index in [9.17, 15) is 0 Å². The summed E-state index contributed by atoms with van der Waals surface area (Å²) >= 11 is 0. The Balaban J connectivity index is 1.41. The predicted octanol–water partition coefficient (Wildman–Crippen LogP) is 3.47. The van der Waals surface area contributed by atoms with E-state index in [1.807, 2.05) is 18.5 Å². The first-order valence-corrected chi connectivity index (χ1v) is 7.51. The van der Waals surface area contributed by atoms with E-state index in [0.717, 1.165) is 13.0 Å². The van der Waals surface area contributed by atoms with Crippen LogP contribution in [0, 0.1) is 6.92 Å². The highest BCUT2D eigenvalue weighted by Gasteiger charge is 2.29. The quantitative estimate of drug-likeness (QED) is 0.896. The zero-order valence-electron chi connectivity index (χ0n) is 12.0. The second kappa shape index (κ2) is 6.19. The van der Waals surface area contributed by atoms with Crippen LogP contribution in [-0.4, -0.2) is 17.6 Å². The molecule has 20 heavy (non-hydrogen) atoms. The predicted molar refractivity (Wildman–Crippen MR) is 82.9 cm³/mol. The highest BCUT2D eigenvalue weighted by Crippen LogP contribution is 2.36. The molecule has 1 aliphatic rings. The Morgan fingerprint density at radius 2 is 2.00 bits per heavy atom. The van der Waals surface area contributed by atoms with E-state index in [0.29, 0.717) is 12.0 Å². The molecule has 1 heterocycles. The SMILES string of the molecule is Cc1ccccc1CCNC1CC(c2cccnc2)C1. The summed E-state index contributed by atoms with van der Waals surface area (Å²) in [6.07, 6.45) is 7.48. The number of nitrogens with zero attached hydrogens (tertiary/aromatic N) is 1. The average Bonchev–Trinajstić information content (AvgIpc) is 2.44. The fourth-order valence-corrected chi connectivity index (χ4v) is 2.98. The van der Waals surface area contributed by atoms with E-state index in [1.165, 1.54) is 29.5 Å². The normalized spacial score (nSPS) is 21.4. The van der Waals surface area contributed by atoms with Gasteiger partial charge in [0.05, 0.1) is 0 Å². The van der Waals surface area contributed by atoms with Crippen LogP contribution in [0.4, 0.5) is 0 Å². The molecule has 0 radical (unpaired) electrons. The Hall–Kier alpha value is -1.67. The summed E-state index contributed by atoms with van der Waals surface area (Å²) in [5.74, 6) is 0.708. The molecule has 3 rings (SSSR count). The van der Waals surface area contributed by atoms with Crippen molar-refractivity contribution in [3.05, 3.63) is 65.5 Å². The maximum Gasteiger partial charge on any atom is 0.0302 e. The monoisotopic (exact) mass is 266 g/mol. The third-order valence-corrected chi connectivity index (χ3v) is 4.38. The van der Waals surface area contributed by atoms with E-state index in [4.69, 9.17) is 0 Å². The van der Waals surface area contributed by atoms with Crippen molar-refractivity contribution in [3.63, 3.8) is 0 Å². The molecule has 1 aromatic carbocycles. The largest absolute Gasteiger partial charge is 0.314 e. The van der Waals surface area contributed by atoms with Gasteiger partial charge in [-0.2, -0.15) is 0 Å². The highest BCUT2D eigenvalue weighted by atomic mass is 14.9. The summed E-state index contributed by atoms with van der Waals surface area (Å²) in [6.45, 7) is 3.27. The molecule has 2 aromatic rings. The van der Waals surface area contributed by atoms with Gasteiger partial charge >= 0.3 is 0 Å². The van der Waals surface area contributed by atoms with E-state index in [1.54, 1.807) is 0 Å². The molecule has 2 heteroatoms. The summed E-state index contributed by atoms with van der Waals surface area (Å²) in [5, 5.41) is 3.67. The van der Waals surface area contributed by atoms with Gasteiger partial charge in [-0.15, -0.1) is 0 Å².